The predicted molar refractivity (Wildman–Crippen MR) is 98.2 cm³/mol. The minimum atomic E-state index is -0.385. The second-order valence-corrected chi connectivity index (χ2v) is 6.12. The first kappa shape index (κ1) is 17.7. The molecular formula is C18H20INO3. The van der Waals surface area contributed by atoms with Gasteiger partial charge in [-0.05, 0) is 46.8 Å². The largest absolute Gasteiger partial charge is 0.484 e. The van der Waals surface area contributed by atoms with E-state index in [4.69, 9.17) is 9.47 Å². The fraction of sp³-hybridized carbons (Fsp3) is 0.278. The van der Waals surface area contributed by atoms with E-state index in [2.05, 4.69) is 27.9 Å². The standard InChI is InChI=1S/C18H20INO3/c1-2-20-18(22-13-21)12-17(14-8-4-3-5-9-14)23-16-11-7-6-10-15(16)19/h3-11,13,17-18,20H,2,12H2,1H3. The number of halogens is 1. The van der Waals surface area contributed by atoms with E-state index < -0.39 is 0 Å². The van der Waals surface area contributed by atoms with Crippen molar-refractivity contribution in [2.24, 2.45) is 0 Å². The normalized spacial score (nSPS) is 13.1. The molecule has 23 heavy (non-hydrogen) atoms. The maximum absolute atomic E-state index is 10.7. The molecule has 0 saturated heterocycles. The van der Waals surface area contributed by atoms with E-state index in [0.717, 1.165) is 14.9 Å². The summed E-state index contributed by atoms with van der Waals surface area (Å²) >= 11 is 2.25. The van der Waals surface area contributed by atoms with Gasteiger partial charge in [0.15, 0.2) is 6.23 Å². The van der Waals surface area contributed by atoms with Gasteiger partial charge in [0, 0.05) is 6.42 Å². The first-order valence-electron chi connectivity index (χ1n) is 7.53. The van der Waals surface area contributed by atoms with Crippen molar-refractivity contribution < 1.29 is 14.3 Å². The fourth-order valence-corrected chi connectivity index (χ4v) is 2.80. The Morgan fingerprint density at radius 2 is 1.83 bits per heavy atom. The molecule has 0 fully saturated rings. The van der Waals surface area contributed by atoms with Crippen molar-refractivity contribution in [3.05, 3.63) is 63.7 Å². The van der Waals surface area contributed by atoms with Crippen LogP contribution >= 0.6 is 22.6 Å². The number of carbonyl (C=O) groups is 1. The number of rotatable bonds is 9. The number of nitrogens with one attached hydrogen (secondary N) is 1. The summed E-state index contributed by atoms with van der Waals surface area (Å²) in [4.78, 5) is 10.7. The second-order valence-electron chi connectivity index (χ2n) is 4.96. The number of hydrogen-bond donors (Lipinski definition) is 1. The van der Waals surface area contributed by atoms with Crippen LogP contribution in [0.2, 0.25) is 0 Å². The topological polar surface area (TPSA) is 47.6 Å². The lowest BCUT2D eigenvalue weighted by Crippen LogP contribution is -2.34. The van der Waals surface area contributed by atoms with Crippen LogP contribution in [0.3, 0.4) is 0 Å². The van der Waals surface area contributed by atoms with E-state index in [1.54, 1.807) is 0 Å². The monoisotopic (exact) mass is 425 g/mol. The summed E-state index contributed by atoms with van der Waals surface area (Å²) in [6.45, 7) is 3.16. The van der Waals surface area contributed by atoms with E-state index in [1.807, 2.05) is 61.5 Å². The number of carbonyl (C=O) groups excluding carboxylic acids is 1. The van der Waals surface area contributed by atoms with Gasteiger partial charge in [0.05, 0.1) is 3.57 Å². The number of para-hydroxylation sites is 1. The zero-order valence-corrected chi connectivity index (χ0v) is 15.1. The van der Waals surface area contributed by atoms with Crippen molar-refractivity contribution in [2.45, 2.75) is 25.7 Å². The summed E-state index contributed by atoms with van der Waals surface area (Å²) in [5.41, 5.74) is 1.05. The minimum absolute atomic E-state index is 0.212. The van der Waals surface area contributed by atoms with Gasteiger partial charge in [-0.15, -0.1) is 0 Å². The summed E-state index contributed by atoms with van der Waals surface area (Å²) in [6.07, 6.45) is -0.0677. The van der Waals surface area contributed by atoms with Gasteiger partial charge in [-0.1, -0.05) is 49.4 Å². The van der Waals surface area contributed by atoms with Gasteiger partial charge in [0.25, 0.3) is 6.47 Å². The molecule has 0 bridgehead atoms. The van der Waals surface area contributed by atoms with Crippen LogP contribution < -0.4 is 10.1 Å². The molecule has 0 saturated carbocycles. The predicted octanol–water partition coefficient (Wildman–Crippen LogP) is 3.91. The van der Waals surface area contributed by atoms with Gasteiger partial charge in [-0.2, -0.15) is 0 Å². The van der Waals surface area contributed by atoms with Crippen LogP contribution in [0.25, 0.3) is 0 Å². The lowest BCUT2D eigenvalue weighted by Gasteiger charge is -2.25. The summed E-state index contributed by atoms with van der Waals surface area (Å²) in [5, 5.41) is 3.15. The van der Waals surface area contributed by atoms with Crippen LogP contribution in [-0.4, -0.2) is 19.2 Å². The van der Waals surface area contributed by atoms with Crippen LogP contribution in [-0.2, 0) is 9.53 Å². The Labute approximate surface area is 150 Å². The van der Waals surface area contributed by atoms with E-state index in [9.17, 15) is 4.79 Å². The first-order chi connectivity index (χ1) is 11.2. The summed E-state index contributed by atoms with van der Waals surface area (Å²) in [5.74, 6) is 0.823. The molecule has 0 heterocycles. The Morgan fingerprint density at radius 1 is 1.13 bits per heavy atom. The number of benzene rings is 2. The fourth-order valence-electron chi connectivity index (χ4n) is 2.29. The van der Waals surface area contributed by atoms with Crippen LogP contribution in [0.15, 0.2) is 54.6 Å². The van der Waals surface area contributed by atoms with Gasteiger partial charge in [0.1, 0.15) is 11.9 Å². The van der Waals surface area contributed by atoms with Crippen molar-refractivity contribution in [1.82, 2.24) is 5.32 Å². The lowest BCUT2D eigenvalue weighted by atomic mass is 10.1. The van der Waals surface area contributed by atoms with E-state index in [1.165, 1.54) is 0 Å². The molecule has 0 aliphatic heterocycles. The molecule has 0 aliphatic rings. The maximum Gasteiger partial charge on any atom is 0.294 e. The molecule has 0 radical (unpaired) electrons. The van der Waals surface area contributed by atoms with Crippen molar-refractivity contribution in [1.29, 1.82) is 0 Å². The van der Waals surface area contributed by atoms with Gasteiger partial charge in [0.2, 0.25) is 0 Å². The van der Waals surface area contributed by atoms with Crippen molar-refractivity contribution in [2.75, 3.05) is 6.54 Å². The third-order valence-electron chi connectivity index (χ3n) is 3.36. The summed E-state index contributed by atoms with van der Waals surface area (Å²) in [6, 6.07) is 17.8. The highest BCUT2D eigenvalue weighted by Gasteiger charge is 2.21. The molecule has 0 aliphatic carbocycles. The van der Waals surface area contributed by atoms with E-state index in [0.29, 0.717) is 19.4 Å². The maximum atomic E-state index is 10.7. The highest BCUT2D eigenvalue weighted by Crippen LogP contribution is 2.29. The Bertz CT molecular complexity index is 606. The Kier molecular flexibility index (Phi) is 7.35. The van der Waals surface area contributed by atoms with Crippen molar-refractivity contribution in [3.63, 3.8) is 0 Å². The highest BCUT2D eigenvalue weighted by molar-refractivity contribution is 14.1. The molecule has 0 amide bonds. The summed E-state index contributed by atoms with van der Waals surface area (Å²) < 4.78 is 12.4. The van der Waals surface area contributed by atoms with Gasteiger partial charge < -0.3 is 9.47 Å². The first-order valence-corrected chi connectivity index (χ1v) is 8.61. The molecular weight excluding hydrogens is 405 g/mol. The number of ether oxygens (including phenoxy) is 2. The lowest BCUT2D eigenvalue weighted by molar-refractivity contribution is -0.136. The molecule has 2 atom stereocenters. The zero-order chi connectivity index (χ0) is 16.5. The van der Waals surface area contributed by atoms with Gasteiger partial charge in [-0.3, -0.25) is 10.1 Å². The van der Waals surface area contributed by atoms with Crippen LogP contribution in [0.4, 0.5) is 0 Å². The van der Waals surface area contributed by atoms with E-state index in [-0.39, 0.29) is 12.3 Å². The Hall–Kier alpha value is -1.60. The highest BCUT2D eigenvalue weighted by atomic mass is 127. The Morgan fingerprint density at radius 3 is 2.48 bits per heavy atom. The van der Waals surface area contributed by atoms with Gasteiger partial charge in [-0.25, -0.2) is 0 Å². The molecule has 0 spiro atoms. The van der Waals surface area contributed by atoms with Crippen molar-refractivity contribution >= 4 is 29.1 Å². The molecule has 2 aromatic carbocycles. The minimum Gasteiger partial charge on any atom is -0.484 e. The smallest absolute Gasteiger partial charge is 0.294 e. The zero-order valence-electron chi connectivity index (χ0n) is 12.9. The third-order valence-corrected chi connectivity index (χ3v) is 4.25. The third kappa shape index (κ3) is 5.51. The quantitative estimate of drug-likeness (QED) is 0.376. The van der Waals surface area contributed by atoms with Gasteiger partial charge >= 0.3 is 0 Å². The molecule has 0 aromatic heterocycles. The van der Waals surface area contributed by atoms with Crippen LogP contribution in [0, 0.1) is 3.57 Å². The molecule has 4 nitrogen and oxygen atoms in total. The Balaban J connectivity index is 2.21. The molecule has 2 aromatic rings. The molecule has 2 rings (SSSR count). The average molecular weight is 425 g/mol. The number of hydrogen-bond acceptors (Lipinski definition) is 4. The summed E-state index contributed by atoms with van der Waals surface area (Å²) in [7, 11) is 0. The SMILES string of the molecule is CCNC(CC(Oc1ccccc1I)c1ccccc1)OC=O. The average Bonchev–Trinajstić information content (AvgIpc) is 2.57. The molecule has 5 heteroatoms. The van der Waals surface area contributed by atoms with Crippen LogP contribution in [0.5, 0.6) is 5.75 Å². The van der Waals surface area contributed by atoms with Crippen LogP contribution in [0.1, 0.15) is 25.0 Å². The van der Waals surface area contributed by atoms with Crippen molar-refractivity contribution in [3.8, 4) is 5.75 Å². The molecule has 1 N–H and O–H groups in total. The van der Waals surface area contributed by atoms with E-state index >= 15 is 0 Å². The second kappa shape index (κ2) is 9.52. The molecule has 122 valence electrons. The molecule has 2 unspecified atom stereocenters.